The van der Waals surface area contributed by atoms with Crippen LogP contribution in [0.2, 0.25) is 0 Å². The van der Waals surface area contributed by atoms with E-state index in [4.69, 9.17) is 14.2 Å². The maximum Gasteiger partial charge on any atom is 0.434 e. The Labute approximate surface area is 224 Å². The van der Waals surface area contributed by atoms with E-state index < -0.39 is 35.0 Å². The van der Waals surface area contributed by atoms with Crippen LogP contribution in [0.1, 0.15) is 66.5 Å². The Bertz CT molecular complexity index is 1190. The highest BCUT2D eigenvalue weighted by Gasteiger charge is 2.48. The van der Waals surface area contributed by atoms with Crippen LogP contribution in [-0.2, 0) is 20.8 Å². The van der Waals surface area contributed by atoms with Crippen LogP contribution in [0.15, 0.2) is 66.4 Å². The van der Waals surface area contributed by atoms with Gasteiger partial charge in [0, 0.05) is 5.56 Å². The fourth-order valence-electron chi connectivity index (χ4n) is 3.83. The number of hydrogen-bond donors (Lipinski definition) is 1. The molecule has 0 saturated carbocycles. The number of carbonyl (C=O) groups excluding carboxylic acids is 3. The average molecular weight is 524 g/mol. The van der Waals surface area contributed by atoms with Gasteiger partial charge in [0.05, 0.1) is 6.54 Å². The first kappa shape index (κ1) is 28.6. The number of hydrogen-bond acceptors (Lipinski definition) is 6. The number of cyclic esters (lactones) is 1. The normalized spacial score (nSPS) is 16.4. The van der Waals surface area contributed by atoms with Gasteiger partial charge in [0.25, 0.3) is 0 Å². The smallest absolute Gasteiger partial charge is 0.434 e. The van der Waals surface area contributed by atoms with Gasteiger partial charge in [-0.15, -0.1) is 0 Å². The summed E-state index contributed by atoms with van der Waals surface area (Å²) in [5.41, 5.74) is 1.40. The molecule has 0 unspecified atom stereocenters. The topological polar surface area (TPSA) is 97.4 Å². The number of nitrogens with one attached hydrogen (secondary N) is 1. The van der Waals surface area contributed by atoms with Crippen molar-refractivity contribution in [2.75, 3.05) is 0 Å². The zero-order valence-corrected chi connectivity index (χ0v) is 23.3. The predicted octanol–water partition coefficient (Wildman–Crippen LogP) is 6.46. The fraction of sp³-hybridized carbons (Fsp3) is 0.414. The molecule has 1 saturated heterocycles. The summed E-state index contributed by atoms with van der Waals surface area (Å²) < 4.78 is 16.9. The maximum absolute atomic E-state index is 13.5. The van der Waals surface area contributed by atoms with Gasteiger partial charge < -0.3 is 14.2 Å². The van der Waals surface area contributed by atoms with Crippen LogP contribution in [0.25, 0.3) is 5.70 Å². The van der Waals surface area contributed by atoms with Gasteiger partial charge >= 0.3 is 18.3 Å². The second kappa shape index (κ2) is 10.8. The molecule has 1 heterocycles. The fourth-order valence-corrected chi connectivity index (χ4v) is 3.83. The predicted molar refractivity (Wildman–Crippen MR) is 143 cm³/mol. The SMILES string of the molecule is CC(C)(C)OC(=O)NN(C(=O)OC(C)(C)C)/C(=C1\OC(=O)N(Cc2ccccc2)C1(C)C)c1ccccc1. The molecule has 1 aliphatic rings. The molecule has 0 bridgehead atoms. The van der Waals surface area contributed by atoms with E-state index in [1.165, 1.54) is 0 Å². The number of benzene rings is 2. The van der Waals surface area contributed by atoms with Gasteiger partial charge in [0.15, 0.2) is 5.76 Å². The van der Waals surface area contributed by atoms with Crippen molar-refractivity contribution in [1.82, 2.24) is 15.3 Å². The molecule has 1 fully saturated rings. The summed E-state index contributed by atoms with van der Waals surface area (Å²) in [6, 6.07) is 18.4. The third kappa shape index (κ3) is 7.06. The minimum absolute atomic E-state index is 0.152. The number of amides is 3. The minimum atomic E-state index is -1.01. The minimum Gasteiger partial charge on any atom is -0.443 e. The maximum atomic E-state index is 13.5. The third-order valence-electron chi connectivity index (χ3n) is 5.49. The molecule has 3 amide bonds. The molecule has 9 nitrogen and oxygen atoms in total. The number of carbonyl (C=O) groups is 3. The van der Waals surface area contributed by atoms with E-state index in [0.717, 1.165) is 10.6 Å². The van der Waals surface area contributed by atoms with Gasteiger partial charge in [-0.1, -0.05) is 60.7 Å². The standard InChI is InChI=1S/C29H37N3O6/c1-27(2,3)37-24(33)30-32(26(35)38-28(4,5)6)22(21-17-13-10-14-18-21)23-29(7,8)31(25(34)36-23)19-20-15-11-9-12-16-20/h9-18H,19H2,1-8H3,(H,30,33)/b23-22-. The molecule has 0 atom stereocenters. The average Bonchev–Trinajstić information content (AvgIpc) is 3.01. The number of ether oxygens (including phenoxy) is 3. The van der Waals surface area contributed by atoms with Gasteiger partial charge in [-0.25, -0.2) is 19.8 Å². The second-order valence-electron chi connectivity index (χ2n) is 11.5. The van der Waals surface area contributed by atoms with E-state index in [-0.39, 0.29) is 18.0 Å². The lowest BCUT2D eigenvalue weighted by atomic mass is 9.96. The highest BCUT2D eigenvalue weighted by molar-refractivity contribution is 5.88. The van der Waals surface area contributed by atoms with Crippen molar-refractivity contribution in [3.05, 3.63) is 77.5 Å². The Morgan fingerprint density at radius 1 is 0.895 bits per heavy atom. The second-order valence-corrected chi connectivity index (χ2v) is 11.5. The van der Waals surface area contributed by atoms with E-state index in [2.05, 4.69) is 5.43 Å². The summed E-state index contributed by atoms with van der Waals surface area (Å²) in [5.74, 6) is 0.173. The summed E-state index contributed by atoms with van der Waals surface area (Å²) in [4.78, 5) is 41.2. The van der Waals surface area contributed by atoms with Crippen LogP contribution in [0, 0.1) is 0 Å². The Kier molecular flexibility index (Phi) is 8.09. The first-order valence-corrected chi connectivity index (χ1v) is 12.4. The summed E-state index contributed by atoms with van der Waals surface area (Å²) in [5, 5.41) is 0.949. The van der Waals surface area contributed by atoms with E-state index in [1.54, 1.807) is 70.7 Å². The molecule has 0 spiro atoms. The Morgan fingerprint density at radius 3 is 1.95 bits per heavy atom. The lowest BCUT2D eigenvalue weighted by Gasteiger charge is -2.33. The summed E-state index contributed by atoms with van der Waals surface area (Å²) >= 11 is 0. The van der Waals surface area contributed by atoms with Crippen LogP contribution in [0.5, 0.6) is 0 Å². The van der Waals surface area contributed by atoms with E-state index in [1.807, 2.05) is 50.2 Å². The van der Waals surface area contributed by atoms with Crippen molar-refractivity contribution in [3.63, 3.8) is 0 Å². The molecular weight excluding hydrogens is 486 g/mol. The van der Waals surface area contributed by atoms with Gasteiger partial charge in [-0.05, 0) is 61.0 Å². The van der Waals surface area contributed by atoms with Crippen molar-refractivity contribution in [2.24, 2.45) is 0 Å². The Balaban J connectivity index is 2.17. The summed E-state index contributed by atoms with van der Waals surface area (Å²) in [6.07, 6.45) is -2.33. The molecule has 1 aliphatic heterocycles. The molecule has 3 rings (SSSR count). The van der Waals surface area contributed by atoms with E-state index in [0.29, 0.717) is 5.56 Å². The first-order valence-electron chi connectivity index (χ1n) is 12.4. The molecular formula is C29H37N3O6. The number of nitrogens with zero attached hydrogens (tertiary/aromatic N) is 2. The lowest BCUT2D eigenvalue weighted by molar-refractivity contribution is 0.0137. The molecule has 0 aliphatic carbocycles. The summed E-state index contributed by atoms with van der Waals surface area (Å²) in [6.45, 7) is 14.2. The van der Waals surface area contributed by atoms with Crippen molar-refractivity contribution in [3.8, 4) is 0 Å². The van der Waals surface area contributed by atoms with Crippen molar-refractivity contribution in [2.45, 2.75) is 78.7 Å². The van der Waals surface area contributed by atoms with Crippen LogP contribution in [0.4, 0.5) is 14.4 Å². The van der Waals surface area contributed by atoms with Crippen LogP contribution in [0.3, 0.4) is 0 Å². The quantitative estimate of drug-likeness (QED) is 0.365. The van der Waals surface area contributed by atoms with Crippen LogP contribution >= 0.6 is 0 Å². The van der Waals surface area contributed by atoms with Crippen LogP contribution in [-0.4, -0.2) is 44.9 Å². The number of hydrazine groups is 1. The van der Waals surface area contributed by atoms with E-state index >= 15 is 0 Å². The molecule has 1 N–H and O–H groups in total. The molecule has 9 heteroatoms. The lowest BCUT2D eigenvalue weighted by Crippen LogP contribution is -2.50. The van der Waals surface area contributed by atoms with Gasteiger partial charge in [0.1, 0.15) is 22.4 Å². The monoisotopic (exact) mass is 523 g/mol. The highest BCUT2D eigenvalue weighted by Crippen LogP contribution is 2.40. The Morgan fingerprint density at radius 2 is 1.42 bits per heavy atom. The first-order chi connectivity index (χ1) is 17.6. The third-order valence-corrected chi connectivity index (χ3v) is 5.49. The van der Waals surface area contributed by atoms with Crippen molar-refractivity contribution in [1.29, 1.82) is 0 Å². The van der Waals surface area contributed by atoms with Crippen LogP contribution < -0.4 is 5.43 Å². The van der Waals surface area contributed by atoms with Gasteiger partial charge in [-0.2, -0.15) is 5.01 Å². The molecule has 204 valence electrons. The van der Waals surface area contributed by atoms with Gasteiger partial charge in [-0.3, -0.25) is 4.90 Å². The molecule has 38 heavy (non-hydrogen) atoms. The summed E-state index contributed by atoms with van der Waals surface area (Å²) in [7, 11) is 0. The zero-order chi connectivity index (χ0) is 28.3. The van der Waals surface area contributed by atoms with E-state index in [9.17, 15) is 14.4 Å². The molecule has 2 aromatic rings. The Hall–Kier alpha value is -4.01. The van der Waals surface area contributed by atoms with Crippen molar-refractivity contribution >= 4 is 24.0 Å². The molecule has 0 radical (unpaired) electrons. The molecule has 2 aromatic carbocycles. The van der Waals surface area contributed by atoms with Gasteiger partial charge in [0.2, 0.25) is 0 Å². The molecule has 0 aromatic heterocycles. The highest BCUT2D eigenvalue weighted by atomic mass is 16.6. The largest absolute Gasteiger partial charge is 0.443 e. The van der Waals surface area contributed by atoms with Crippen molar-refractivity contribution < 1.29 is 28.6 Å². The zero-order valence-electron chi connectivity index (χ0n) is 23.3. The number of rotatable bonds is 4.